The van der Waals surface area contributed by atoms with Crippen LogP contribution in [0.5, 0.6) is 5.75 Å². The Balaban J connectivity index is 2.08. The topological polar surface area (TPSA) is 32.7 Å². The minimum atomic E-state index is -0.822. The number of benzene rings is 1. The summed E-state index contributed by atoms with van der Waals surface area (Å²) in [6.07, 6.45) is 6.38. The summed E-state index contributed by atoms with van der Waals surface area (Å²) in [5.74, 6) is 1.62. The van der Waals surface area contributed by atoms with Crippen molar-refractivity contribution in [3.05, 3.63) is 42.0 Å². The van der Waals surface area contributed by atoms with Gasteiger partial charge in [0.05, 0.1) is 12.7 Å². The molecule has 0 amide bonds. The van der Waals surface area contributed by atoms with E-state index in [0.29, 0.717) is 5.92 Å². The maximum absolute atomic E-state index is 11.9. The molecule has 3 rings (SSSR count). The number of hydrogen-bond donors (Lipinski definition) is 1. The van der Waals surface area contributed by atoms with Crippen molar-refractivity contribution in [2.75, 3.05) is 27.7 Å². The Labute approximate surface area is 146 Å². The largest absolute Gasteiger partial charge is 0.497 e. The zero-order valence-corrected chi connectivity index (χ0v) is 15.5. The molecular weight excluding hydrogens is 298 g/mol. The van der Waals surface area contributed by atoms with Gasteiger partial charge >= 0.3 is 0 Å². The molecule has 2 aliphatic carbocycles. The zero-order chi connectivity index (χ0) is 17.5. The second-order valence-electron chi connectivity index (χ2n) is 8.28. The molecule has 1 N–H and O–H groups in total. The molecule has 0 saturated heterocycles. The first-order valence-electron chi connectivity index (χ1n) is 8.99. The van der Waals surface area contributed by atoms with Crippen LogP contribution in [0.1, 0.15) is 36.8 Å². The minimum Gasteiger partial charge on any atom is -0.497 e. The predicted octanol–water partition coefficient (Wildman–Crippen LogP) is 3.75. The summed E-state index contributed by atoms with van der Waals surface area (Å²) in [4.78, 5) is 2.21. The van der Waals surface area contributed by atoms with E-state index >= 15 is 0 Å². The van der Waals surface area contributed by atoms with E-state index in [0.717, 1.165) is 36.3 Å². The molecule has 3 nitrogen and oxygen atoms in total. The highest BCUT2D eigenvalue weighted by atomic mass is 16.5. The predicted molar refractivity (Wildman–Crippen MR) is 98.3 cm³/mol. The Hall–Kier alpha value is -1.32. The van der Waals surface area contributed by atoms with Gasteiger partial charge in [-0.2, -0.15) is 0 Å². The molecule has 4 atom stereocenters. The Morgan fingerprint density at radius 1 is 1.38 bits per heavy atom. The summed E-state index contributed by atoms with van der Waals surface area (Å²) in [7, 11) is 5.89. The summed E-state index contributed by atoms with van der Waals surface area (Å²) in [5.41, 5.74) is 1.40. The van der Waals surface area contributed by atoms with Crippen LogP contribution in [0.25, 0.3) is 0 Å². The third kappa shape index (κ3) is 2.89. The van der Waals surface area contributed by atoms with Gasteiger partial charge in [-0.1, -0.05) is 12.1 Å². The molecule has 0 aliphatic heterocycles. The Morgan fingerprint density at radius 3 is 2.75 bits per heavy atom. The van der Waals surface area contributed by atoms with E-state index in [1.165, 1.54) is 12.8 Å². The lowest BCUT2D eigenvalue weighted by Gasteiger charge is -2.49. The molecule has 1 aromatic rings. The molecule has 132 valence electrons. The van der Waals surface area contributed by atoms with Gasteiger partial charge in [0.25, 0.3) is 0 Å². The van der Waals surface area contributed by atoms with E-state index in [2.05, 4.69) is 44.6 Å². The first-order chi connectivity index (χ1) is 11.3. The van der Waals surface area contributed by atoms with Crippen molar-refractivity contribution in [3.63, 3.8) is 0 Å². The Kier molecular flexibility index (Phi) is 4.52. The van der Waals surface area contributed by atoms with Crippen LogP contribution in [-0.4, -0.2) is 37.8 Å². The van der Waals surface area contributed by atoms with Gasteiger partial charge in [0.2, 0.25) is 0 Å². The van der Waals surface area contributed by atoms with Crippen LogP contribution in [0.3, 0.4) is 0 Å². The lowest BCUT2D eigenvalue weighted by molar-refractivity contribution is -0.102. The van der Waals surface area contributed by atoms with E-state index < -0.39 is 5.60 Å². The highest BCUT2D eigenvalue weighted by Crippen LogP contribution is 2.61. The Morgan fingerprint density at radius 2 is 2.12 bits per heavy atom. The fraction of sp³-hybridized carbons (Fsp3) is 0.619. The van der Waals surface area contributed by atoms with Crippen molar-refractivity contribution >= 4 is 0 Å². The third-order valence-corrected chi connectivity index (χ3v) is 6.27. The van der Waals surface area contributed by atoms with Crippen LogP contribution in [0.2, 0.25) is 0 Å². The molecule has 0 radical (unpaired) electrons. The second kappa shape index (κ2) is 6.20. The van der Waals surface area contributed by atoms with Crippen molar-refractivity contribution in [1.29, 1.82) is 0 Å². The van der Waals surface area contributed by atoms with Crippen LogP contribution < -0.4 is 4.74 Å². The van der Waals surface area contributed by atoms with Crippen molar-refractivity contribution in [3.8, 4) is 5.75 Å². The first-order valence-corrected chi connectivity index (χ1v) is 8.99. The summed E-state index contributed by atoms with van der Waals surface area (Å²) in [6, 6.07) is 6.18. The molecule has 2 fully saturated rings. The number of fused-ring (bicyclic) bond motifs is 2. The lowest BCUT2D eigenvalue weighted by Crippen LogP contribution is -2.49. The summed E-state index contributed by atoms with van der Waals surface area (Å²) >= 11 is 0. The molecule has 0 heterocycles. The number of allylic oxidation sites excluding steroid dienone is 1. The Bertz CT molecular complexity index is 626. The normalized spacial score (nSPS) is 35.2. The first kappa shape index (κ1) is 17.5. The van der Waals surface area contributed by atoms with Crippen LogP contribution in [0.15, 0.2) is 30.9 Å². The maximum atomic E-state index is 11.9. The third-order valence-electron chi connectivity index (χ3n) is 6.27. The van der Waals surface area contributed by atoms with Crippen LogP contribution in [0, 0.1) is 24.2 Å². The van der Waals surface area contributed by atoms with Crippen molar-refractivity contribution < 1.29 is 9.84 Å². The number of rotatable bonds is 5. The van der Waals surface area contributed by atoms with Crippen molar-refractivity contribution in [2.45, 2.75) is 38.2 Å². The van der Waals surface area contributed by atoms with Gasteiger partial charge in [-0.25, -0.2) is 0 Å². The molecule has 2 bridgehead atoms. The standard InChI is InChI=1S/C21H31NO2/c1-6-20-8-7-16(12-20)19(13-22(3)4)21(23,14-20)17-9-15(2)10-18(11-17)24-5/h6,9-11,16,19,23H,1,7-8,12-14H2,2-5H3. The second-order valence-corrected chi connectivity index (χ2v) is 8.28. The average molecular weight is 329 g/mol. The molecule has 4 unspecified atom stereocenters. The molecule has 2 aliphatic rings. The van der Waals surface area contributed by atoms with E-state index in [4.69, 9.17) is 4.74 Å². The molecule has 3 heteroatoms. The number of aliphatic hydroxyl groups is 1. The maximum Gasteiger partial charge on any atom is 0.119 e. The monoisotopic (exact) mass is 329 g/mol. The van der Waals surface area contributed by atoms with Gasteiger partial charge in [0.1, 0.15) is 5.75 Å². The summed E-state index contributed by atoms with van der Waals surface area (Å²) in [5, 5.41) is 11.9. The zero-order valence-electron chi connectivity index (χ0n) is 15.5. The number of methoxy groups -OCH3 is 1. The highest BCUT2D eigenvalue weighted by molar-refractivity contribution is 5.38. The number of hydrogen-bond acceptors (Lipinski definition) is 3. The summed E-state index contributed by atoms with van der Waals surface area (Å²) < 4.78 is 5.47. The highest BCUT2D eigenvalue weighted by Gasteiger charge is 2.56. The molecule has 2 saturated carbocycles. The molecule has 1 aromatic carbocycles. The SMILES string of the molecule is C=CC12CCC(C1)C(CN(C)C)C(O)(c1cc(C)cc(OC)c1)C2. The smallest absolute Gasteiger partial charge is 0.119 e. The van der Waals surface area contributed by atoms with Gasteiger partial charge in [-0.3, -0.25) is 0 Å². The molecule has 0 spiro atoms. The quantitative estimate of drug-likeness (QED) is 0.835. The average Bonchev–Trinajstić information content (AvgIpc) is 2.91. The van der Waals surface area contributed by atoms with Gasteiger partial charge in [0.15, 0.2) is 0 Å². The van der Waals surface area contributed by atoms with Gasteiger partial charge in [0, 0.05) is 12.5 Å². The van der Waals surface area contributed by atoms with Gasteiger partial charge in [-0.05, 0) is 81.3 Å². The van der Waals surface area contributed by atoms with Gasteiger partial charge < -0.3 is 14.7 Å². The lowest BCUT2D eigenvalue weighted by atomic mass is 9.60. The van der Waals surface area contributed by atoms with Crippen molar-refractivity contribution in [1.82, 2.24) is 4.90 Å². The van der Waals surface area contributed by atoms with Crippen LogP contribution >= 0.6 is 0 Å². The van der Waals surface area contributed by atoms with E-state index in [9.17, 15) is 5.11 Å². The van der Waals surface area contributed by atoms with Crippen LogP contribution in [0.4, 0.5) is 0 Å². The van der Waals surface area contributed by atoms with E-state index in [1.807, 2.05) is 12.1 Å². The number of aryl methyl sites for hydroxylation is 1. The number of ether oxygens (including phenoxy) is 1. The molecule has 0 aromatic heterocycles. The van der Waals surface area contributed by atoms with Gasteiger partial charge in [-0.15, -0.1) is 6.58 Å². The number of nitrogens with zero attached hydrogens (tertiary/aromatic N) is 1. The summed E-state index contributed by atoms with van der Waals surface area (Å²) in [6.45, 7) is 7.08. The molecule has 24 heavy (non-hydrogen) atoms. The van der Waals surface area contributed by atoms with Crippen molar-refractivity contribution in [2.24, 2.45) is 17.3 Å². The minimum absolute atomic E-state index is 0.0826. The van der Waals surface area contributed by atoms with E-state index in [1.54, 1.807) is 7.11 Å². The fourth-order valence-electron chi connectivity index (χ4n) is 5.14. The fourth-order valence-corrected chi connectivity index (χ4v) is 5.14. The molecular formula is C21H31NO2. The van der Waals surface area contributed by atoms with Crippen LogP contribution in [-0.2, 0) is 5.60 Å². The van der Waals surface area contributed by atoms with E-state index in [-0.39, 0.29) is 11.3 Å².